The summed E-state index contributed by atoms with van der Waals surface area (Å²) in [6, 6.07) is 2.50. The summed E-state index contributed by atoms with van der Waals surface area (Å²) in [4.78, 5) is 2.26. The largest absolute Gasteiger partial charge is 0.377 e. The first-order valence-electron chi connectivity index (χ1n) is 7.10. The van der Waals surface area contributed by atoms with Crippen LogP contribution in [0.5, 0.6) is 0 Å². The Hall–Kier alpha value is -0.630. The molecule has 2 aliphatic rings. The van der Waals surface area contributed by atoms with E-state index >= 15 is 0 Å². The normalized spacial score (nSPS) is 27.8. The lowest BCUT2D eigenvalue weighted by atomic mass is 9.94. The number of hydrogen-bond acceptors (Lipinski definition) is 4. The summed E-state index contributed by atoms with van der Waals surface area (Å²) in [6.07, 6.45) is 6.35. The van der Waals surface area contributed by atoms with E-state index in [4.69, 9.17) is 4.74 Å². The molecule has 2 atom stereocenters. The Bertz CT molecular complexity index is 305. The molecule has 1 heterocycles. The van der Waals surface area contributed by atoms with E-state index in [1.807, 2.05) is 7.05 Å². The van der Waals surface area contributed by atoms with E-state index in [9.17, 15) is 5.26 Å². The minimum absolute atomic E-state index is 0.358. The van der Waals surface area contributed by atoms with Gasteiger partial charge in [-0.15, -0.1) is 0 Å². The first kappa shape index (κ1) is 13.8. The van der Waals surface area contributed by atoms with E-state index in [2.05, 4.69) is 23.3 Å². The summed E-state index contributed by atoms with van der Waals surface area (Å²) >= 11 is 0. The van der Waals surface area contributed by atoms with Crippen LogP contribution in [0, 0.1) is 17.2 Å². The Labute approximate surface area is 110 Å². The Morgan fingerprint density at radius 1 is 1.39 bits per heavy atom. The second-order valence-corrected chi connectivity index (χ2v) is 5.79. The molecule has 2 rings (SSSR count). The first-order valence-corrected chi connectivity index (χ1v) is 7.10. The van der Waals surface area contributed by atoms with E-state index in [0.717, 1.165) is 26.1 Å². The predicted octanol–water partition coefficient (Wildman–Crippen LogP) is 1.38. The van der Waals surface area contributed by atoms with Gasteiger partial charge in [0.05, 0.1) is 12.2 Å². The fourth-order valence-electron chi connectivity index (χ4n) is 2.96. The van der Waals surface area contributed by atoms with Crippen molar-refractivity contribution in [3.8, 4) is 6.07 Å². The molecule has 0 aromatic carbocycles. The summed E-state index contributed by atoms with van der Waals surface area (Å²) < 4.78 is 5.76. The summed E-state index contributed by atoms with van der Waals surface area (Å²) in [7, 11) is 4.01. The van der Waals surface area contributed by atoms with Gasteiger partial charge in [-0.05, 0) is 52.1 Å². The number of ether oxygens (including phenoxy) is 1. The van der Waals surface area contributed by atoms with Crippen molar-refractivity contribution in [2.24, 2.45) is 5.92 Å². The maximum atomic E-state index is 9.47. The Morgan fingerprint density at radius 3 is 2.67 bits per heavy atom. The van der Waals surface area contributed by atoms with Crippen molar-refractivity contribution < 1.29 is 4.74 Å². The average Bonchev–Trinajstić information content (AvgIpc) is 3.22. The number of nitrogens with zero attached hydrogens (tertiary/aromatic N) is 2. The molecule has 4 heteroatoms. The van der Waals surface area contributed by atoms with Gasteiger partial charge >= 0.3 is 0 Å². The van der Waals surface area contributed by atoms with Gasteiger partial charge in [0.15, 0.2) is 0 Å². The highest BCUT2D eigenvalue weighted by Crippen LogP contribution is 2.39. The molecule has 0 bridgehead atoms. The molecule has 0 radical (unpaired) electrons. The van der Waals surface area contributed by atoms with E-state index in [1.54, 1.807) is 0 Å². The smallest absolute Gasteiger partial charge is 0.122 e. The van der Waals surface area contributed by atoms with Crippen LogP contribution in [0.2, 0.25) is 0 Å². The van der Waals surface area contributed by atoms with Gasteiger partial charge in [-0.25, -0.2) is 0 Å². The molecule has 2 unspecified atom stereocenters. The lowest BCUT2D eigenvalue weighted by Crippen LogP contribution is -2.53. The molecule has 18 heavy (non-hydrogen) atoms. The molecule has 0 amide bonds. The topological polar surface area (TPSA) is 48.3 Å². The second-order valence-electron chi connectivity index (χ2n) is 5.79. The van der Waals surface area contributed by atoms with Gasteiger partial charge in [0, 0.05) is 19.7 Å². The fourth-order valence-corrected chi connectivity index (χ4v) is 2.96. The Morgan fingerprint density at radius 2 is 2.17 bits per heavy atom. The van der Waals surface area contributed by atoms with Gasteiger partial charge in [0.1, 0.15) is 5.54 Å². The molecule has 0 aromatic heterocycles. The molecule has 1 N–H and O–H groups in total. The van der Waals surface area contributed by atoms with Crippen LogP contribution in [0.4, 0.5) is 0 Å². The quantitative estimate of drug-likeness (QED) is 0.775. The van der Waals surface area contributed by atoms with Gasteiger partial charge < -0.3 is 15.0 Å². The van der Waals surface area contributed by atoms with Crippen LogP contribution in [0.1, 0.15) is 32.1 Å². The molecular formula is C14H25N3O. The fraction of sp³-hybridized carbons (Fsp3) is 0.929. The second kappa shape index (κ2) is 6.01. The highest BCUT2D eigenvalue weighted by molar-refractivity contribution is 5.16. The molecule has 102 valence electrons. The molecule has 1 aliphatic carbocycles. The van der Waals surface area contributed by atoms with Crippen LogP contribution >= 0.6 is 0 Å². The van der Waals surface area contributed by atoms with Crippen LogP contribution < -0.4 is 5.32 Å². The summed E-state index contributed by atoms with van der Waals surface area (Å²) in [5, 5.41) is 12.7. The standard InChI is InChI=1S/C14H25N3O/c1-16-14(10-15,12-6-7-12)11-17(2)9-13-5-3-4-8-18-13/h12-13,16H,3-9,11H2,1-2H3. The van der Waals surface area contributed by atoms with Crippen molar-refractivity contribution in [3.05, 3.63) is 0 Å². The molecule has 2 fully saturated rings. The maximum absolute atomic E-state index is 9.47. The highest BCUT2D eigenvalue weighted by atomic mass is 16.5. The number of rotatable bonds is 6. The zero-order chi connectivity index (χ0) is 13.0. The summed E-state index contributed by atoms with van der Waals surface area (Å²) in [5.41, 5.74) is -0.358. The molecule has 1 saturated heterocycles. The van der Waals surface area contributed by atoms with Gasteiger partial charge in [0.2, 0.25) is 0 Å². The van der Waals surface area contributed by atoms with E-state index in [0.29, 0.717) is 12.0 Å². The van der Waals surface area contributed by atoms with Gasteiger partial charge in [-0.3, -0.25) is 0 Å². The lowest BCUT2D eigenvalue weighted by molar-refractivity contribution is -0.00432. The van der Waals surface area contributed by atoms with Crippen LogP contribution in [0.25, 0.3) is 0 Å². The minimum Gasteiger partial charge on any atom is -0.377 e. The predicted molar refractivity (Wildman–Crippen MR) is 71.2 cm³/mol. The molecule has 0 aromatic rings. The van der Waals surface area contributed by atoms with Crippen molar-refractivity contribution >= 4 is 0 Å². The number of likely N-dealkylation sites (N-methyl/N-ethyl adjacent to an activating group) is 2. The van der Waals surface area contributed by atoms with Crippen LogP contribution in [-0.2, 0) is 4.74 Å². The third kappa shape index (κ3) is 3.23. The van der Waals surface area contributed by atoms with Crippen molar-refractivity contribution in [3.63, 3.8) is 0 Å². The number of nitriles is 1. The van der Waals surface area contributed by atoms with Gasteiger partial charge in [0.25, 0.3) is 0 Å². The van der Waals surface area contributed by atoms with Crippen LogP contribution in [0.3, 0.4) is 0 Å². The van der Waals surface area contributed by atoms with Crippen molar-refractivity contribution in [1.29, 1.82) is 5.26 Å². The van der Waals surface area contributed by atoms with Gasteiger partial charge in [-0.2, -0.15) is 5.26 Å². The van der Waals surface area contributed by atoms with E-state index in [-0.39, 0.29) is 5.54 Å². The zero-order valence-corrected chi connectivity index (χ0v) is 11.6. The van der Waals surface area contributed by atoms with E-state index < -0.39 is 0 Å². The molecule has 0 spiro atoms. The summed E-state index contributed by atoms with van der Waals surface area (Å²) in [6.45, 7) is 2.64. The number of nitrogens with one attached hydrogen (secondary N) is 1. The van der Waals surface area contributed by atoms with Crippen molar-refractivity contribution in [2.45, 2.75) is 43.7 Å². The minimum atomic E-state index is -0.358. The zero-order valence-electron chi connectivity index (χ0n) is 11.6. The third-order valence-corrected chi connectivity index (χ3v) is 4.23. The summed E-state index contributed by atoms with van der Waals surface area (Å²) in [5.74, 6) is 0.530. The molecule has 1 saturated carbocycles. The highest BCUT2D eigenvalue weighted by Gasteiger charge is 2.45. The monoisotopic (exact) mass is 251 g/mol. The third-order valence-electron chi connectivity index (χ3n) is 4.23. The average molecular weight is 251 g/mol. The lowest BCUT2D eigenvalue weighted by Gasteiger charge is -2.34. The maximum Gasteiger partial charge on any atom is 0.122 e. The Balaban J connectivity index is 1.84. The van der Waals surface area contributed by atoms with Crippen LogP contribution in [0.15, 0.2) is 0 Å². The van der Waals surface area contributed by atoms with Crippen molar-refractivity contribution in [1.82, 2.24) is 10.2 Å². The van der Waals surface area contributed by atoms with Gasteiger partial charge in [-0.1, -0.05) is 0 Å². The van der Waals surface area contributed by atoms with Crippen molar-refractivity contribution in [2.75, 3.05) is 33.8 Å². The molecular weight excluding hydrogens is 226 g/mol. The van der Waals surface area contributed by atoms with Crippen LogP contribution in [-0.4, -0.2) is 50.3 Å². The van der Waals surface area contributed by atoms with E-state index in [1.165, 1.54) is 25.7 Å². The Kier molecular flexibility index (Phi) is 4.60. The molecule has 1 aliphatic heterocycles. The first-order chi connectivity index (χ1) is 8.70. The molecule has 4 nitrogen and oxygen atoms in total. The number of hydrogen-bond donors (Lipinski definition) is 1. The SMILES string of the molecule is CNC(C#N)(CN(C)CC1CCCCO1)C1CC1.